The average Bonchev–Trinajstić information content (AvgIpc) is 2.98. The summed E-state index contributed by atoms with van der Waals surface area (Å²) in [7, 11) is 0. The van der Waals surface area contributed by atoms with Gasteiger partial charge in [0.1, 0.15) is 5.01 Å². The molecule has 2 N–H and O–H groups in total. The fraction of sp³-hybridized carbons (Fsp3) is 0.562. The van der Waals surface area contributed by atoms with E-state index in [2.05, 4.69) is 53.3 Å². The quantitative estimate of drug-likeness (QED) is 0.620. The summed E-state index contributed by atoms with van der Waals surface area (Å²) in [5, 5.41) is 8.87. The van der Waals surface area contributed by atoms with E-state index in [0.29, 0.717) is 6.54 Å². The van der Waals surface area contributed by atoms with E-state index < -0.39 is 0 Å². The highest BCUT2D eigenvalue weighted by Crippen LogP contribution is 2.18. The predicted octanol–water partition coefficient (Wildman–Crippen LogP) is 3.13. The molecule has 23 heavy (non-hydrogen) atoms. The molecule has 0 fully saturated rings. The molecule has 2 aromatic heterocycles. The second-order valence-corrected chi connectivity index (χ2v) is 7.94. The van der Waals surface area contributed by atoms with Crippen LogP contribution in [0.25, 0.3) is 0 Å². The van der Waals surface area contributed by atoms with Gasteiger partial charge in [-0.15, -0.1) is 22.7 Å². The Kier molecular flexibility index (Phi) is 6.53. The summed E-state index contributed by atoms with van der Waals surface area (Å²) in [5.41, 5.74) is 2.25. The van der Waals surface area contributed by atoms with Gasteiger partial charge in [-0.05, 0) is 34.6 Å². The molecule has 126 valence electrons. The van der Waals surface area contributed by atoms with Crippen LogP contribution in [0.15, 0.2) is 4.99 Å². The van der Waals surface area contributed by atoms with Gasteiger partial charge < -0.3 is 10.6 Å². The van der Waals surface area contributed by atoms with Crippen LogP contribution in [-0.4, -0.2) is 29.0 Å². The first-order chi connectivity index (χ1) is 11.0. The minimum atomic E-state index is 0.618. The number of aromatic nitrogens is 2. The van der Waals surface area contributed by atoms with Crippen LogP contribution >= 0.6 is 22.7 Å². The number of rotatable bonds is 6. The SMILES string of the molecule is CCNC(=NCc1nc(C)c(C)s1)NCCc1sc(C)nc1C. The summed E-state index contributed by atoms with van der Waals surface area (Å²) in [5.74, 6) is 0.844. The molecule has 0 aliphatic carbocycles. The van der Waals surface area contributed by atoms with Crippen molar-refractivity contribution in [2.24, 2.45) is 4.99 Å². The van der Waals surface area contributed by atoms with Crippen molar-refractivity contribution in [3.8, 4) is 0 Å². The summed E-state index contributed by atoms with van der Waals surface area (Å²) in [6.45, 7) is 12.7. The zero-order valence-electron chi connectivity index (χ0n) is 14.5. The van der Waals surface area contributed by atoms with Crippen molar-refractivity contribution in [2.45, 2.75) is 47.6 Å². The number of thiazole rings is 2. The third kappa shape index (κ3) is 5.28. The molecule has 5 nitrogen and oxygen atoms in total. The number of nitrogens with zero attached hydrogens (tertiary/aromatic N) is 3. The summed E-state index contributed by atoms with van der Waals surface area (Å²) in [4.78, 5) is 16.2. The van der Waals surface area contributed by atoms with Crippen molar-refractivity contribution in [3.05, 3.63) is 31.2 Å². The minimum Gasteiger partial charge on any atom is -0.357 e. The number of hydrogen-bond acceptors (Lipinski definition) is 5. The first kappa shape index (κ1) is 17.9. The van der Waals surface area contributed by atoms with Gasteiger partial charge in [-0.25, -0.2) is 15.0 Å². The van der Waals surface area contributed by atoms with E-state index in [1.54, 1.807) is 22.7 Å². The van der Waals surface area contributed by atoms with Crippen LogP contribution in [0.2, 0.25) is 0 Å². The van der Waals surface area contributed by atoms with Crippen LogP contribution in [-0.2, 0) is 13.0 Å². The van der Waals surface area contributed by atoms with Crippen molar-refractivity contribution in [2.75, 3.05) is 13.1 Å². The summed E-state index contributed by atoms with van der Waals surface area (Å²) < 4.78 is 0. The van der Waals surface area contributed by atoms with Crippen LogP contribution in [0.3, 0.4) is 0 Å². The van der Waals surface area contributed by atoms with Crippen LogP contribution in [0.5, 0.6) is 0 Å². The van der Waals surface area contributed by atoms with E-state index in [1.165, 1.54) is 9.75 Å². The lowest BCUT2D eigenvalue weighted by Gasteiger charge is -2.10. The first-order valence-corrected chi connectivity index (χ1v) is 9.51. The molecule has 0 amide bonds. The molecule has 0 aliphatic rings. The lowest BCUT2D eigenvalue weighted by molar-refractivity contribution is 0.800. The summed E-state index contributed by atoms with van der Waals surface area (Å²) in [6, 6.07) is 0. The third-order valence-corrected chi connectivity index (χ3v) is 5.62. The Hall–Kier alpha value is -1.47. The minimum absolute atomic E-state index is 0.618. The maximum Gasteiger partial charge on any atom is 0.191 e. The Labute approximate surface area is 146 Å². The molecule has 0 radical (unpaired) electrons. The van der Waals surface area contributed by atoms with Crippen LogP contribution in [0.4, 0.5) is 0 Å². The second kappa shape index (κ2) is 8.40. The highest BCUT2D eigenvalue weighted by Gasteiger charge is 2.06. The van der Waals surface area contributed by atoms with Crippen LogP contribution in [0.1, 0.15) is 38.1 Å². The number of guanidine groups is 1. The highest BCUT2D eigenvalue weighted by atomic mass is 32.1. The Morgan fingerprint density at radius 1 is 1.04 bits per heavy atom. The fourth-order valence-electron chi connectivity index (χ4n) is 2.20. The largest absolute Gasteiger partial charge is 0.357 e. The lowest BCUT2D eigenvalue weighted by Crippen LogP contribution is -2.38. The Morgan fingerprint density at radius 3 is 2.39 bits per heavy atom. The van der Waals surface area contributed by atoms with Gasteiger partial charge in [0.25, 0.3) is 0 Å². The molecule has 0 atom stereocenters. The third-order valence-electron chi connectivity index (χ3n) is 3.43. The van der Waals surface area contributed by atoms with Gasteiger partial charge in [0.15, 0.2) is 5.96 Å². The normalized spacial score (nSPS) is 11.8. The van der Waals surface area contributed by atoms with Crippen molar-refractivity contribution >= 4 is 28.6 Å². The molecule has 0 aliphatic heterocycles. The standard InChI is InChI=1S/C16H25N5S2/c1-6-17-16(19-9-15-21-10(2)12(4)22-15)18-8-7-14-11(3)20-13(5)23-14/h6-9H2,1-5H3,(H2,17,18,19). The van der Waals surface area contributed by atoms with E-state index in [0.717, 1.165) is 46.9 Å². The monoisotopic (exact) mass is 351 g/mol. The first-order valence-electron chi connectivity index (χ1n) is 7.87. The fourth-order valence-corrected chi connectivity index (χ4v) is 3.99. The van der Waals surface area contributed by atoms with E-state index >= 15 is 0 Å². The van der Waals surface area contributed by atoms with Crippen molar-refractivity contribution in [3.63, 3.8) is 0 Å². The molecule has 2 heterocycles. The summed E-state index contributed by atoms with van der Waals surface area (Å²) >= 11 is 3.49. The van der Waals surface area contributed by atoms with Gasteiger partial charge in [0.2, 0.25) is 0 Å². The summed E-state index contributed by atoms with van der Waals surface area (Å²) in [6.07, 6.45) is 0.969. The molecule has 0 spiro atoms. The average molecular weight is 352 g/mol. The maximum absolute atomic E-state index is 4.63. The van der Waals surface area contributed by atoms with Gasteiger partial charge >= 0.3 is 0 Å². The van der Waals surface area contributed by atoms with Gasteiger partial charge in [-0.1, -0.05) is 0 Å². The topological polar surface area (TPSA) is 62.2 Å². The highest BCUT2D eigenvalue weighted by molar-refractivity contribution is 7.11. The lowest BCUT2D eigenvalue weighted by atomic mass is 10.3. The molecule has 0 aromatic carbocycles. The molecular weight excluding hydrogens is 326 g/mol. The van der Waals surface area contributed by atoms with Crippen molar-refractivity contribution in [1.29, 1.82) is 0 Å². The number of hydrogen-bond donors (Lipinski definition) is 2. The van der Waals surface area contributed by atoms with Crippen molar-refractivity contribution in [1.82, 2.24) is 20.6 Å². The second-order valence-electron chi connectivity index (χ2n) is 5.36. The van der Waals surface area contributed by atoms with Gasteiger partial charge in [0, 0.05) is 29.3 Å². The zero-order valence-corrected chi connectivity index (χ0v) is 16.1. The molecule has 2 aromatic rings. The molecular formula is C16H25N5S2. The number of aryl methyl sites for hydroxylation is 4. The molecule has 0 bridgehead atoms. The smallest absolute Gasteiger partial charge is 0.191 e. The Morgan fingerprint density at radius 2 is 1.83 bits per heavy atom. The van der Waals surface area contributed by atoms with Gasteiger partial charge in [-0.3, -0.25) is 0 Å². The van der Waals surface area contributed by atoms with E-state index in [4.69, 9.17) is 0 Å². The number of nitrogens with one attached hydrogen (secondary N) is 2. The van der Waals surface area contributed by atoms with Crippen molar-refractivity contribution < 1.29 is 0 Å². The van der Waals surface area contributed by atoms with E-state index in [9.17, 15) is 0 Å². The number of aliphatic imine (C=N–C) groups is 1. The van der Waals surface area contributed by atoms with Crippen LogP contribution in [0, 0.1) is 27.7 Å². The van der Waals surface area contributed by atoms with Gasteiger partial charge in [-0.2, -0.15) is 0 Å². The molecule has 7 heteroatoms. The molecule has 0 saturated heterocycles. The van der Waals surface area contributed by atoms with Crippen LogP contribution < -0.4 is 10.6 Å². The zero-order chi connectivity index (χ0) is 16.8. The molecule has 2 rings (SSSR count). The molecule has 0 unspecified atom stereocenters. The maximum atomic E-state index is 4.63. The van der Waals surface area contributed by atoms with Gasteiger partial charge in [0.05, 0.1) is 22.9 Å². The molecule has 0 saturated carbocycles. The Balaban J connectivity index is 1.90. The Bertz CT molecular complexity index is 653. The van der Waals surface area contributed by atoms with E-state index in [-0.39, 0.29) is 0 Å². The predicted molar refractivity (Wildman–Crippen MR) is 99.7 cm³/mol. The van der Waals surface area contributed by atoms with E-state index in [1.807, 2.05) is 6.92 Å².